The van der Waals surface area contributed by atoms with Gasteiger partial charge in [-0.25, -0.2) is 23.8 Å². The molecule has 0 aliphatic carbocycles. The zero-order valence-corrected chi connectivity index (χ0v) is 20.9. The fourth-order valence-corrected chi connectivity index (χ4v) is 4.18. The Morgan fingerprint density at radius 1 is 1.14 bits per heavy atom. The SMILES string of the molecule is Cc1ccc(Nc2ncnc3c2cnn3C2CCN(C(=O)OCc3ccccc3)CC2)c(F)c1.O=S=O. The average molecular weight is 525 g/mol. The molecule has 4 aromatic rings. The zero-order chi connectivity index (χ0) is 26.2. The number of hydrogen-bond acceptors (Lipinski definition) is 8. The number of carbonyl (C=O) groups excluding carboxylic acids is 1. The summed E-state index contributed by atoms with van der Waals surface area (Å²) in [5.74, 6) is 0.159. The maximum absolute atomic E-state index is 14.3. The molecule has 3 heterocycles. The molecule has 0 bridgehead atoms. The van der Waals surface area contributed by atoms with Gasteiger partial charge in [0.1, 0.15) is 24.6 Å². The van der Waals surface area contributed by atoms with E-state index in [1.54, 1.807) is 17.2 Å². The molecule has 37 heavy (non-hydrogen) atoms. The summed E-state index contributed by atoms with van der Waals surface area (Å²) >= 11 is -0.750. The summed E-state index contributed by atoms with van der Waals surface area (Å²) in [5, 5.41) is 8.32. The van der Waals surface area contributed by atoms with Crippen LogP contribution in [-0.4, -0.2) is 52.2 Å². The van der Waals surface area contributed by atoms with Crippen LogP contribution < -0.4 is 5.32 Å². The van der Waals surface area contributed by atoms with Crippen LogP contribution in [0, 0.1) is 12.7 Å². The lowest BCUT2D eigenvalue weighted by Gasteiger charge is -2.31. The molecule has 0 spiro atoms. The Balaban J connectivity index is 0.00000102. The number of carbonyl (C=O) groups is 1. The van der Waals surface area contributed by atoms with Gasteiger partial charge in [-0.05, 0) is 43.0 Å². The predicted octanol–water partition coefficient (Wildman–Crippen LogP) is 4.32. The van der Waals surface area contributed by atoms with Crippen molar-refractivity contribution < 1.29 is 22.3 Å². The number of amides is 1. The minimum Gasteiger partial charge on any atom is -0.445 e. The quantitative estimate of drug-likeness (QED) is 0.410. The summed E-state index contributed by atoms with van der Waals surface area (Å²) in [6, 6.07) is 14.7. The van der Waals surface area contributed by atoms with Crippen LogP contribution in [-0.2, 0) is 22.9 Å². The highest BCUT2D eigenvalue weighted by molar-refractivity contribution is 7.51. The van der Waals surface area contributed by atoms with Gasteiger partial charge in [0, 0.05) is 13.1 Å². The molecule has 1 amide bonds. The minimum atomic E-state index is -0.750. The molecule has 1 aliphatic rings. The van der Waals surface area contributed by atoms with Crippen LogP contribution in [0.1, 0.15) is 30.0 Å². The summed E-state index contributed by atoms with van der Waals surface area (Å²) in [6.45, 7) is 3.25. The van der Waals surface area contributed by atoms with Crippen molar-refractivity contribution in [2.75, 3.05) is 18.4 Å². The second-order valence-corrected chi connectivity index (χ2v) is 8.62. The van der Waals surface area contributed by atoms with E-state index >= 15 is 0 Å². The first kappa shape index (κ1) is 25.9. The summed E-state index contributed by atoms with van der Waals surface area (Å²) < 4.78 is 38.2. The number of aryl methyl sites for hydroxylation is 1. The highest BCUT2D eigenvalue weighted by Crippen LogP contribution is 2.29. The van der Waals surface area contributed by atoms with Crippen molar-refractivity contribution in [3.63, 3.8) is 0 Å². The molecule has 0 radical (unpaired) electrons. The van der Waals surface area contributed by atoms with Crippen LogP contribution in [0.4, 0.5) is 20.7 Å². The van der Waals surface area contributed by atoms with E-state index in [0.717, 1.165) is 24.0 Å². The summed E-state index contributed by atoms with van der Waals surface area (Å²) in [6.07, 6.45) is 4.31. The number of aromatic nitrogens is 4. The standard InChI is InChI=1S/C25H25FN6O2.O2S/c1-17-7-8-22(21(26)13-17)30-23-20-14-29-32(24(20)28-16-27-23)19-9-11-31(12-10-19)25(33)34-15-18-5-3-2-4-6-18;1-3-2/h2-8,13-14,16,19H,9-12,15H2,1H3,(H,27,28,30);. The van der Waals surface area contributed by atoms with Crippen molar-refractivity contribution in [1.29, 1.82) is 0 Å². The number of nitrogens with one attached hydrogen (secondary N) is 1. The van der Waals surface area contributed by atoms with E-state index in [9.17, 15) is 9.18 Å². The number of fused-ring (bicyclic) bond motifs is 1. The van der Waals surface area contributed by atoms with Gasteiger partial charge in [0.25, 0.3) is 0 Å². The van der Waals surface area contributed by atoms with Gasteiger partial charge in [0.05, 0.1) is 23.3 Å². The van der Waals surface area contributed by atoms with E-state index in [-0.39, 0.29) is 24.6 Å². The number of ether oxygens (including phenoxy) is 1. The Hall–Kier alpha value is -4.19. The lowest BCUT2D eigenvalue weighted by Crippen LogP contribution is -2.39. The Bertz CT molecular complexity index is 1400. The maximum atomic E-state index is 14.3. The maximum Gasteiger partial charge on any atom is 0.410 e. The van der Waals surface area contributed by atoms with Gasteiger partial charge in [0.15, 0.2) is 5.65 Å². The van der Waals surface area contributed by atoms with E-state index in [1.165, 1.54) is 12.4 Å². The minimum absolute atomic E-state index is 0.0922. The largest absolute Gasteiger partial charge is 0.445 e. The Labute approximate surface area is 216 Å². The number of likely N-dealkylation sites (tertiary alicyclic amines) is 1. The second-order valence-electron chi connectivity index (χ2n) is 8.48. The third kappa shape index (κ3) is 6.33. The molecule has 1 N–H and O–H groups in total. The van der Waals surface area contributed by atoms with Crippen molar-refractivity contribution in [2.45, 2.75) is 32.4 Å². The Kier molecular flexibility index (Phi) is 8.52. The number of hydrogen-bond donors (Lipinski definition) is 1. The number of rotatable bonds is 5. The molecule has 1 saturated heterocycles. The highest BCUT2D eigenvalue weighted by atomic mass is 32.1. The van der Waals surface area contributed by atoms with Gasteiger partial charge < -0.3 is 15.0 Å². The van der Waals surface area contributed by atoms with Crippen LogP contribution in [0.15, 0.2) is 61.1 Å². The molecule has 1 aliphatic heterocycles. The van der Waals surface area contributed by atoms with Crippen LogP contribution in [0.25, 0.3) is 11.0 Å². The van der Waals surface area contributed by atoms with E-state index < -0.39 is 11.6 Å². The van der Waals surface area contributed by atoms with Crippen molar-refractivity contribution in [3.8, 4) is 0 Å². The van der Waals surface area contributed by atoms with Crippen LogP contribution in [0.3, 0.4) is 0 Å². The lowest BCUT2D eigenvalue weighted by molar-refractivity contribution is 0.0824. The van der Waals surface area contributed by atoms with E-state index in [0.29, 0.717) is 35.6 Å². The summed E-state index contributed by atoms with van der Waals surface area (Å²) in [5.41, 5.74) is 2.83. The first-order valence-electron chi connectivity index (χ1n) is 11.6. The first-order valence-corrected chi connectivity index (χ1v) is 12.3. The van der Waals surface area contributed by atoms with E-state index in [4.69, 9.17) is 13.2 Å². The van der Waals surface area contributed by atoms with Crippen LogP contribution in [0.5, 0.6) is 0 Å². The van der Waals surface area contributed by atoms with E-state index in [2.05, 4.69) is 20.4 Å². The Morgan fingerprint density at radius 2 is 1.86 bits per heavy atom. The van der Waals surface area contributed by atoms with Gasteiger partial charge >= 0.3 is 17.7 Å². The van der Waals surface area contributed by atoms with Gasteiger partial charge in [-0.15, -0.1) is 0 Å². The highest BCUT2D eigenvalue weighted by Gasteiger charge is 2.27. The molecule has 1 fully saturated rings. The van der Waals surface area contributed by atoms with Crippen molar-refractivity contribution in [2.24, 2.45) is 0 Å². The molecular formula is C25H25FN6O4S. The number of anilines is 2. The molecule has 2 aromatic carbocycles. The van der Waals surface area contributed by atoms with Crippen molar-refractivity contribution >= 4 is 40.2 Å². The van der Waals surface area contributed by atoms with Crippen molar-refractivity contribution in [1.82, 2.24) is 24.6 Å². The topological polar surface area (TPSA) is 119 Å². The molecule has 12 heteroatoms. The normalized spacial score (nSPS) is 13.5. The third-order valence-electron chi connectivity index (χ3n) is 6.04. The molecule has 2 aromatic heterocycles. The third-order valence-corrected chi connectivity index (χ3v) is 6.04. The predicted molar refractivity (Wildman–Crippen MR) is 135 cm³/mol. The number of nitrogens with zero attached hydrogens (tertiary/aromatic N) is 5. The first-order chi connectivity index (χ1) is 18.0. The molecule has 0 unspecified atom stereocenters. The number of halogens is 1. The summed E-state index contributed by atoms with van der Waals surface area (Å²) in [7, 11) is 0. The van der Waals surface area contributed by atoms with E-state index in [1.807, 2.05) is 48.0 Å². The Morgan fingerprint density at radius 3 is 2.57 bits per heavy atom. The molecular weight excluding hydrogens is 499 g/mol. The van der Waals surface area contributed by atoms with Gasteiger partial charge in [-0.3, -0.25) is 0 Å². The van der Waals surface area contributed by atoms with Gasteiger partial charge in [0.2, 0.25) is 0 Å². The van der Waals surface area contributed by atoms with Crippen molar-refractivity contribution in [3.05, 3.63) is 78.0 Å². The molecule has 10 nitrogen and oxygen atoms in total. The monoisotopic (exact) mass is 524 g/mol. The molecule has 5 rings (SSSR count). The van der Waals surface area contributed by atoms with Gasteiger partial charge in [-0.1, -0.05) is 36.4 Å². The lowest BCUT2D eigenvalue weighted by atomic mass is 10.1. The number of benzene rings is 2. The fourth-order valence-electron chi connectivity index (χ4n) is 4.18. The smallest absolute Gasteiger partial charge is 0.410 e. The zero-order valence-electron chi connectivity index (χ0n) is 20.0. The molecule has 192 valence electrons. The average Bonchev–Trinajstić information content (AvgIpc) is 3.35. The van der Waals surface area contributed by atoms with Crippen LogP contribution >= 0.6 is 0 Å². The number of piperidine rings is 1. The summed E-state index contributed by atoms with van der Waals surface area (Å²) in [4.78, 5) is 22.9. The second kappa shape index (κ2) is 12.2. The van der Waals surface area contributed by atoms with Gasteiger partial charge in [-0.2, -0.15) is 13.5 Å². The fraction of sp³-hybridized carbons (Fsp3) is 0.280. The molecule has 0 atom stereocenters. The molecule has 0 saturated carbocycles. The van der Waals surface area contributed by atoms with Crippen LogP contribution in [0.2, 0.25) is 0 Å².